The lowest BCUT2D eigenvalue weighted by Crippen LogP contribution is -2.47. The Hall–Kier alpha value is -2.63. The molecule has 0 bridgehead atoms. The van der Waals surface area contributed by atoms with Gasteiger partial charge in [-0.3, -0.25) is 9.69 Å². The number of benzene rings is 2. The number of nitrogens with zero attached hydrogens (tertiary/aromatic N) is 1. The van der Waals surface area contributed by atoms with Crippen LogP contribution in [0.3, 0.4) is 0 Å². The fourth-order valence-electron chi connectivity index (χ4n) is 4.84. The van der Waals surface area contributed by atoms with Crippen molar-refractivity contribution in [2.45, 2.75) is 31.7 Å². The number of piperidine rings is 1. The van der Waals surface area contributed by atoms with Gasteiger partial charge in [0.1, 0.15) is 0 Å². The number of carbonyl (C=O) groups excluding carboxylic acids is 1. The molecule has 2 aliphatic heterocycles. The number of anilines is 1. The van der Waals surface area contributed by atoms with Gasteiger partial charge in [-0.05, 0) is 56.5 Å². The first-order chi connectivity index (χ1) is 14.8. The molecule has 5 rings (SSSR count). The quantitative estimate of drug-likeness (QED) is 0.666. The number of H-pyrrole nitrogens is 1. The zero-order chi connectivity index (χ0) is 20.3. The van der Waals surface area contributed by atoms with Crippen LogP contribution in [0.15, 0.2) is 54.6 Å². The van der Waals surface area contributed by atoms with E-state index in [9.17, 15) is 4.79 Å². The van der Waals surface area contributed by atoms with Gasteiger partial charge >= 0.3 is 0 Å². The lowest BCUT2D eigenvalue weighted by atomic mass is 9.94. The molecule has 0 aliphatic carbocycles. The molecule has 0 unspecified atom stereocenters. The van der Waals surface area contributed by atoms with E-state index in [4.69, 9.17) is 4.74 Å². The fourth-order valence-corrected chi connectivity index (χ4v) is 4.84. The van der Waals surface area contributed by atoms with E-state index in [0.717, 1.165) is 74.4 Å². The van der Waals surface area contributed by atoms with Crippen LogP contribution in [-0.4, -0.2) is 48.1 Å². The summed E-state index contributed by atoms with van der Waals surface area (Å²) < 4.78 is 5.50. The van der Waals surface area contributed by atoms with E-state index in [1.54, 1.807) is 0 Å². The highest BCUT2D eigenvalue weighted by Gasteiger charge is 2.30. The van der Waals surface area contributed by atoms with Crippen molar-refractivity contribution >= 4 is 22.5 Å². The molecule has 5 nitrogen and oxygen atoms in total. The van der Waals surface area contributed by atoms with Crippen LogP contribution < -0.4 is 5.32 Å². The molecular formula is C25H29N3O2. The molecule has 2 aliphatic rings. The molecule has 3 heterocycles. The smallest absolute Gasteiger partial charge is 0.228 e. The van der Waals surface area contributed by atoms with Crippen LogP contribution in [0, 0.1) is 5.92 Å². The molecule has 3 aromatic rings. The minimum atomic E-state index is 0.0540. The second-order valence-electron chi connectivity index (χ2n) is 8.52. The van der Waals surface area contributed by atoms with Crippen LogP contribution in [0.2, 0.25) is 0 Å². The third-order valence-electron chi connectivity index (χ3n) is 6.50. The van der Waals surface area contributed by atoms with Crippen molar-refractivity contribution in [2.24, 2.45) is 5.92 Å². The van der Waals surface area contributed by atoms with Crippen molar-refractivity contribution in [3.8, 4) is 11.3 Å². The first-order valence-electron chi connectivity index (χ1n) is 11.1. The van der Waals surface area contributed by atoms with Gasteiger partial charge in [0.25, 0.3) is 0 Å². The number of hydrogen-bond donors (Lipinski definition) is 2. The molecule has 30 heavy (non-hydrogen) atoms. The maximum atomic E-state index is 13.0. The number of ether oxygens (including phenoxy) is 1. The van der Waals surface area contributed by atoms with Crippen LogP contribution in [0.1, 0.15) is 25.7 Å². The van der Waals surface area contributed by atoms with Gasteiger partial charge in [-0.1, -0.05) is 30.3 Å². The van der Waals surface area contributed by atoms with Gasteiger partial charge < -0.3 is 15.0 Å². The molecular weight excluding hydrogens is 374 g/mol. The maximum Gasteiger partial charge on any atom is 0.228 e. The molecule has 1 atom stereocenters. The van der Waals surface area contributed by atoms with E-state index < -0.39 is 0 Å². The molecule has 0 radical (unpaired) electrons. The Kier molecular flexibility index (Phi) is 5.56. The Morgan fingerprint density at radius 2 is 1.90 bits per heavy atom. The van der Waals surface area contributed by atoms with Crippen molar-refractivity contribution < 1.29 is 9.53 Å². The number of amides is 1. The molecule has 1 aromatic heterocycles. The lowest BCUT2D eigenvalue weighted by Gasteiger charge is -2.39. The summed E-state index contributed by atoms with van der Waals surface area (Å²) in [4.78, 5) is 19.0. The minimum Gasteiger partial charge on any atom is -0.381 e. The Balaban J connectivity index is 1.27. The van der Waals surface area contributed by atoms with Crippen LogP contribution in [0.4, 0.5) is 5.69 Å². The Morgan fingerprint density at radius 1 is 1.03 bits per heavy atom. The number of rotatable bonds is 4. The average molecular weight is 404 g/mol. The highest BCUT2D eigenvalue weighted by Crippen LogP contribution is 2.27. The molecule has 2 fully saturated rings. The summed E-state index contributed by atoms with van der Waals surface area (Å²) in [6.45, 7) is 3.65. The lowest BCUT2D eigenvalue weighted by molar-refractivity contribution is -0.122. The maximum absolute atomic E-state index is 13.0. The van der Waals surface area contributed by atoms with Crippen LogP contribution >= 0.6 is 0 Å². The summed E-state index contributed by atoms with van der Waals surface area (Å²) in [5, 5.41) is 4.37. The van der Waals surface area contributed by atoms with Gasteiger partial charge in [-0.2, -0.15) is 0 Å². The van der Waals surface area contributed by atoms with E-state index >= 15 is 0 Å². The van der Waals surface area contributed by atoms with Gasteiger partial charge in [0.05, 0.1) is 5.92 Å². The van der Waals surface area contributed by atoms with E-state index in [1.165, 1.54) is 5.39 Å². The largest absolute Gasteiger partial charge is 0.381 e. The van der Waals surface area contributed by atoms with Gasteiger partial charge in [0.15, 0.2) is 0 Å². The number of para-hydroxylation sites is 1. The number of carbonyl (C=O) groups is 1. The summed E-state index contributed by atoms with van der Waals surface area (Å²) in [7, 11) is 0. The molecule has 156 valence electrons. The van der Waals surface area contributed by atoms with E-state index in [1.807, 2.05) is 24.3 Å². The van der Waals surface area contributed by atoms with Crippen molar-refractivity contribution in [3.63, 3.8) is 0 Å². The van der Waals surface area contributed by atoms with E-state index in [0.29, 0.717) is 6.04 Å². The molecule has 1 amide bonds. The van der Waals surface area contributed by atoms with Crippen molar-refractivity contribution in [2.75, 3.05) is 31.6 Å². The van der Waals surface area contributed by atoms with Crippen LogP contribution in [0.25, 0.3) is 22.2 Å². The van der Waals surface area contributed by atoms with Crippen molar-refractivity contribution in [1.29, 1.82) is 0 Å². The Bertz CT molecular complexity index is 989. The highest BCUT2D eigenvalue weighted by atomic mass is 16.5. The summed E-state index contributed by atoms with van der Waals surface area (Å²) in [5.41, 5.74) is 4.13. The third-order valence-corrected chi connectivity index (χ3v) is 6.50. The van der Waals surface area contributed by atoms with Gasteiger partial charge in [0, 0.05) is 53.6 Å². The van der Waals surface area contributed by atoms with Gasteiger partial charge in [-0.15, -0.1) is 0 Å². The van der Waals surface area contributed by atoms with Crippen LogP contribution in [-0.2, 0) is 9.53 Å². The number of aromatic nitrogens is 1. The monoisotopic (exact) mass is 403 g/mol. The van der Waals surface area contributed by atoms with Crippen molar-refractivity contribution in [3.05, 3.63) is 54.6 Å². The molecule has 2 saturated heterocycles. The number of nitrogens with one attached hydrogen (secondary N) is 2. The minimum absolute atomic E-state index is 0.0540. The SMILES string of the molecule is O=C(Nc1cccc(-c2cc3ccccc3[nH]2)c1)[C@@H]1CCCN(C2CCOCC2)C1. The predicted octanol–water partition coefficient (Wildman–Crippen LogP) is 4.66. The fraction of sp³-hybridized carbons (Fsp3) is 0.400. The zero-order valence-corrected chi connectivity index (χ0v) is 17.3. The van der Waals surface area contributed by atoms with Gasteiger partial charge in [0.2, 0.25) is 5.91 Å². The van der Waals surface area contributed by atoms with Crippen molar-refractivity contribution in [1.82, 2.24) is 9.88 Å². The first-order valence-corrected chi connectivity index (χ1v) is 11.1. The highest BCUT2D eigenvalue weighted by molar-refractivity contribution is 5.94. The molecule has 0 spiro atoms. The topological polar surface area (TPSA) is 57.4 Å². The van der Waals surface area contributed by atoms with E-state index in [2.05, 4.69) is 45.5 Å². The second kappa shape index (κ2) is 8.62. The Morgan fingerprint density at radius 3 is 2.77 bits per heavy atom. The molecule has 2 aromatic carbocycles. The number of fused-ring (bicyclic) bond motifs is 1. The second-order valence-corrected chi connectivity index (χ2v) is 8.52. The van der Waals surface area contributed by atoms with E-state index in [-0.39, 0.29) is 11.8 Å². The Labute approximate surface area is 177 Å². The predicted molar refractivity (Wildman–Crippen MR) is 121 cm³/mol. The third kappa shape index (κ3) is 4.13. The normalized spacial score (nSPS) is 21.0. The number of aromatic amines is 1. The average Bonchev–Trinajstić information content (AvgIpc) is 3.24. The standard InChI is InChI=1S/C25H29N3O2/c29-25(20-7-4-12-28(17-20)22-10-13-30-14-11-22)26-21-8-3-6-18(15-21)24-16-19-5-1-2-9-23(19)27-24/h1-3,5-6,8-9,15-16,20,22,27H,4,7,10-14,17H2,(H,26,29)/t20-/m1/s1. The summed E-state index contributed by atoms with van der Waals surface area (Å²) in [6.07, 6.45) is 4.22. The molecule has 0 saturated carbocycles. The summed E-state index contributed by atoms with van der Waals surface area (Å²) >= 11 is 0. The van der Waals surface area contributed by atoms with Crippen LogP contribution in [0.5, 0.6) is 0 Å². The number of likely N-dealkylation sites (tertiary alicyclic amines) is 1. The summed E-state index contributed by atoms with van der Waals surface area (Å²) in [6, 6.07) is 19.1. The summed E-state index contributed by atoms with van der Waals surface area (Å²) in [5.74, 6) is 0.193. The molecule has 5 heteroatoms. The first kappa shape index (κ1) is 19.3. The number of hydrogen-bond acceptors (Lipinski definition) is 3. The van der Waals surface area contributed by atoms with Gasteiger partial charge in [-0.25, -0.2) is 0 Å². The zero-order valence-electron chi connectivity index (χ0n) is 17.3. The molecule has 2 N–H and O–H groups in total.